The van der Waals surface area contributed by atoms with Crippen LogP contribution in [0.1, 0.15) is 11.1 Å². The predicted octanol–water partition coefficient (Wildman–Crippen LogP) is 5.89. The summed E-state index contributed by atoms with van der Waals surface area (Å²) < 4.78 is 38.2. The van der Waals surface area contributed by atoms with E-state index in [0.717, 1.165) is 0 Å². The van der Waals surface area contributed by atoms with Crippen LogP contribution < -0.4 is 20.9 Å². The van der Waals surface area contributed by atoms with Crippen molar-refractivity contribution >= 4 is 21.2 Å². The Morgan fingerprint density at radius 3 is 1.27 bits per heavy atom. The average Bonchev–Trinajstić information content (AvgIpc) is 2.79. The van der Waals surface area contributed by atoms with Crippen LogP contribution in [0.4, 0.5) is 11.4 Å². The van der Waals surface area contributed by atoms with Gasteiger partial charge in [-0.3, -0.25) is 0 Å². The highest BCUT2D eigenvalue weighted by atomic mass is 32.2. The summed E-state index contributed by atoms with van der Waals surface area (Å²) in [7, 11) is -3.72. The number of anilines is 2. The van der Waals surface area contributed by atoms with Crippen molar-refractivity contribution in [2.75, 3.05) is 11.5 Å². The highest BCUT2D eigenvalue weighted by molar-refractivity contribution is 7.91. The van der Waals surface area contributed by atoms with Gasteiger partial charge in [-0.1, -0.05) is 0 Å². The summed E-state index contributed by atoms with van der Waals surface area (Å²) in [5.41, 5.74) is 14.1. The largest absolute Gasteiger partial charge is 0.457 e. The predicted molar refractivity (Wildman–Crippen MR) is 130 cm³/mol. The first-order valence-electron chi connectivity index (χ1n) is 10.3. The van der Waals surface area contributed by atoms with Crippen LogP contribution in [-0.4, -0.2) is 8.42 Å². The van der Waals surface area contributed by atoms with Gasteiger partial charge >= 0.3 is 0 Å². The van der Waals surface area contributed by atoms with Crippen LogP contribution in [0, 0.1) is 13.8 Å². The van der Waals surface area contributed by atoms with Crippen molar-refractivity contribution in [3.05, 3.63) is 96.1 Å². The van der Waals surface area contributed by atoms with E-state index in [1.54, 1.807) is 98.8 Å². The van der Waals surface area contributed by atoms with Crippen LogP contribution in [0.2, 0.25) is 0 Å². The third kappa shape index (κ3) is 4.94. The van der Waals surface area contributed by atoms with Crippen molar-refractivity contribution in [1.29, 1.82) is 0 Å². The number of hydrogen-bond acceptors (Lipinski definition) is 6. The zero-order valence-corrected chi connectivity index (χ0v) is 19.1. The molecule has 0 radical (unpaired) electrons. The third-order valence-corrected chi connectivity index (χ3v) is 6.88. The maximum Gasteiger partial charge on any atom is 0.206 e. The van der Waals surface area contributed by atoms with E-state index in [4.69, 9.17) is 20.9 Å². The quantitative estimate of drug-likeness (QED) is 0.348. The van der Waals surface area contributed by atoms with E-state index in [0.29, 0.717) is 45.5 Å². The third-order valence-electron chi connectivity index (χ3n) is 5.13. The topological polar surface area (TPSA) is 105 Å². The minimum absolute atomic E-state index is 0.191. The first-order chi connectivity index (χ1) is 15.7. The number of nitrogens with two attached hydrogens (primary N) is 2. The smallest absolute Gasteiger partial charge is 0.206 e. The fourth-order valence-corrected chi connectivity index (χ4v) is 4.70. The molecule has 33 heavy (non-hydrogen) atoms. The van der Waals surface area contributed by atoms with Crippen LogP contribution in [0.3, 0.4) is 0 Å². The van der Waals surface area contributed by atoms with Crippen molar-refractivity contribution in [3.8, 4) is 23.0 Å². The Balaban J connectivity index is 1.57. The molecule has 168 valence electrons. The molecule has 4 aromatic carbocycles. The van der Waals surface area contributed by atoms with Crippen LogP contribution in [0.25, 0.3) is 0 Å². The summed E-state index contributed by atoms with van der Waals surface area (Å²) in [5.74, 6) is 2.38. The van der Waals surface area contributed by atoms with Crippen LogP contribution in [0.5, 0.6) is 23.0 Å². The number of ether oxygens (including phenoxy) is 2. The molecular formula is C26H24N2O4S. The van der Waals surface area contributed by atoms with Gasteiger partial charge in [0.25, 0.3) is 0 Å². The van der Waals surface area contributed by atoms with Gasteiger partial charge < -0.3 is 20.9 Å². The van der Waals surface area contributed by atoms with Crippen LogP contribution in [0.15, 0.2) is 94.7 Å². The summed E-state index contributed by atoms with van der Waals surface area (Å²) in [5, 5.41) is 0. The molecule has 0 saturated heterocycles. The maximum atomic E-state index is 13.2. The number of sulfone groups is 1. The lowest BCUT2D eigenvalue weighted by molar-refractivity contribution is 0.478. The summed E-state index contributed by atoms with van der Waals surface area (Å²) in [4.78, 5) is 0.382. The van der Waals surface area contributed by atoms with E-state index >= 15 is 0 Å². The Hall–Kier alpha value is -3.97. The fourth-order valence-electron chi connectivity index (χ4n) is 3.27. The molecule has 0 aliphatic heterocycles. The lowest BCUT2D eigenvalue weighted by Crippen LogP contribution is -2.03. The van der Waals surface area contributed by atoms with Crippen LogP contribution in [-0.2, 0) is 9.84 Å². The number of benzene rings is 4. The van der Waals surface area contributed by atoms with E-state index in [9.17, 15) is 8.42 Å². The maximum absolute atomic E-state index is 13.2. The van der Waals surface area contributed by atoms with E-state index < -0.39 is 9.84 Å². The highest BCUT2D eigenvalue weighted by Gasteiger charge is 2.20. The Bertz CT molecular complexity index is 1290. The van der Waals surface area contributed by atoms with Gasteiger partial charge in [0.2, 0.25) is 9.84 Å². The van der Waals surface area contributed by atoms with Gasteiger partial charge in [0.1, 0.15) is 23.0 Å². The number of hydrogen-bond donors (Lipinski definition) is 2. The zero-order chi connectivity index (χ0) is 23.6. The molecular weight excluding hydrogens is 436 g/mol. The molecule has 0 heterocycles. The van der Waals surface area contributed by atoms with Gasteiger partial charge in [-0.2, -0.15) is 0 Å². The molecule has 0 aromatic heterocycles. The van der Waals surface area contributed by atoms with E-state index in [-0.39, 0.29) is 9.79 Å². The normalized spacial score (nSPS) is 11.2. The molecule has 7 heteroatoms. The molecule has 4 aromatic rings. The standard InChI is InChI=1S/C26H24N2O4S/c1-17-15-23(11-13-25(17)31-21-7-3-19(27)4-8-21)33(29,30)24-12-14-26(18(2)16-24)32-22-9-5-20(28)6-10-22/h3-16H,27-28H2,1-2H3. The van der Waals surface area contributed by atoms with Gasteiger partial charge in [0.05, 0.1) is 9.79 Å². The fraction of sp³-hybridized carbons (Fsp3) is 0.0769. The van der Waals surface area contributed by atoms with Gasteiger partial charge in [0, 0.05) is 11.4 Å². The van der Waals surface area contributed by atoms with E-state index in [1.165, 1.54) is 0 Å². The number of nitrogen functional groups attached to an aromatic ring is 2. The molecule has 0 aliphatic carbocycles. The first kappa shape index (κ1) is 22.2. The molecule has 0 aliphatic rings. The van der Waals surface area contributed by atoms with Crippen molar-refractivity contribution in [2.24, 2.45) is 0 Å². The minimum Gasteiger partial charge on any atom is -0.457 e. The van der Waals surface area contributed by atoms with Crippen molar-refractivity contribution in [2.45, 2.75) is 23.6 Å². The second-order valence-corrected chi connectivity index (χ2v) is 9.65. The van der Waals surface area contributed by atoms with Gasteiger partial charge in [-0.15, -0.1) is 0 Å². The average molecular weight is 461 g/mol. The zero-order valence-electron chi connectivity index (χ0n) is 18.3. The van der Waals surface area contributed by atoms with Gasteiger partial charge in [-0.25, -0.2) is 8.42 Å². The van der Waals surface area contributed by atoms with E-state index in [2.05, 4.69) is 0 Å². The molecule has 0 atom stereocenters. The molecule has 4 rings (SSSR count). The lowest BCUT2D eigenvalue weighted by Gasteiger charge is -2.13. The molecule has 6 nitrogen and oxygen atoms in total. The van der Waals surface area contributed by atoms with Crippen molar-refractivity contribution < 1.29 is 17.9 Å². The Kier molecular flexibility index (Phi) is 5.98. The van der Waals surface area contributed by atoms with Crippen molar-refractivity contribution in [3.63, 3.8) is 0 Å². The molecule has 0 saturated carbocycles. The lowest BCUT2D eigenvalue weighted by atomic mass is 10.2. The monoisotopic (exact) mass is 460 g/mol. The van der Waals surface area contributed by atoms with Crippen molar-refractivity contribution in [1.82, 2.24) is 0 Å². The van der Waals surface area contributed by atoms with Crippen LogP contribution >= 0.6 is 0 Å². The number of rotatable bonds is 6. The molecule has 0 unspecified atom stereocenters. The molecule has 0 bridgehead atoms. The summed E-state index contributed by atoms with van der Waals surface area (Å²) in [6, 6.07) is 23.6. The highest BCUT2D eigenvalue weighted by Crippen LogP contribution is 2.32. The summed E-state index contributed by atoms with van der Waals surface area (Å²) in [6.07, 6.45) is 0. The second-order valence-electron chi connectivity index (χ2n) is 7.70. The SMILES string of the molecule is Cc1cc(S(=O)(=O)c2ccc(Oc3ccc(N)cc3)c(C)c2)ccc1Oc1ccc(N)cc1. The molecule has 4 N–H and O–H groups in total. The number of aryl methyl sites for hydroxylation is 2. The molecule has 0 fully saturated rings. The first-order valence-corrected chi connectivity index (χ1v) is 11.7. The summed E-state index contributed by atoms with van der Waals surface area (Å²) >= 11 is 0. The summed E-state index contributed by atoms with van der Waals surface area (Å²) in [6.45, 7) is 3.61. The van der Waals surface area contributed by atoms with E-state index in [1.807, 2.05) is 0 Å². The molecule has 0 amide bonds. The Morgan fingerprint density at radius 1 is 0.576 bits per heavy atom. The minimum atomic E-state index is -3.72. The van der Waals surface area contributed by atoms with Gasteiger partial charge in [0.15, 0.2) is 0 Å². The van der Waals surface area contributed by atoms with Gasteiger partial charge in [-0.05, 0) is 110 Å². The Labute approximate surface area is 193 Å². The second kappa shape index (κ2) is 8.88. The Morgan fingerprint density at radius 2 is 0.939 bits per heavy atom. The molecule has 0 spiro atoms.